The van der Waals surface area contributed by atoms with Crippen molar-refractivity contribution in [1.29, 1.82) is 0 Å². The van der Waals surface area contributed by atoms with E-state index in [1.807, 2.05) is 86.7 Å². The molecule has 1 N–H and O–H groups in total. The Morgan fingerprint density at radius 2 is 1.86 bits per heavy atom. The zero-order valence-corrected chi connectivity index (χ0v) is 22.7. The molecule has 5 rings (SSSR count). The number of thiophene rings is 1. The fraction of sp³-hybridized carbons (Fsp3) is 0.148. The quantitative estimate of drug-likeness (QED) is 0.345. The van der Waals surface area contributed by atoms with E-state index in [9.17, 15) is 9.59 Å². The molecular weight excluding hydrogens is 558 g/mol. The molecule has 0 spiro atoms. The van der Waals surface area contributed by atoms with Crippen LogP contribution in [0, 0.1) is 0 Å². The third-order valence-electron chi connectivity index (χ3n) is 5.67. The number of benzene rings is 2. The highest BCUT2D eigenvalue weighted by molar-refractivity contribution is 9.11. The predicted molar refractivity (Wildman–Crippen MR) is 148 cm³/mol. The fourth-order valence-corrected chi connectivity index (χ4v) is 6.57. The average Bonchev–Trinajstić information content (AvgIpc) is 3.41. The molecule has 1 amide bonds. The Labute approximate surface area is 224 Å². The minimum atomic E-state index is -0.627. The number of aromatic nitrogens is 1. The van der Waals surface area contributed by atoms with Gasteiger partial charge in [-0.15, -0.1) is 11.3 Å². The van der Waals surface area contributed by atoms with Crippen molar-refractivity contribution >= 4 is 56.3 Å². The first kappa shape index (κ1) is 24.4. The first-order valence-corrected chi connectivity index (χ1v) is 13.7. The lowest BCUT2D eigenvalue weighted by atomic mass is 9.95. The zero-order chi connectivity index (χ0) is 25.2. The SMILES string of the molecule is CCOc1ccc([C@H]2C(C(=O)Nc3ccccc3)=C(C)N=c3s/c(=C/c4ccc(Br)s4)c(=O)n32)cc1. The summed E-state index contributed by atoms with van der Waals surface area (Å²) >= 11 is 6.35. The van der Waals surface area contributed by atoms with E-state index in [4.69, 9.17) is 9.73 Å². The first-order chi connectivity index (χ1) is 17.4. The molecule has 1 aliphatic rings. The summed E-state index contributed by atoms with van der Waals surface area (Å²) in [4.78, 5) is 33.5. The molecule has 0 bridgehead atoms. The Morgan fingerprint density at radius 3 is 2.53 bits per heavy atom. The Balaban J connectivity index is 1.66. The number of halogens is 1. The second kappa shape index (κ2) is 10.4. The van der Waals surface area contributed by atoms with E-state index >= 15 is 0 Å². The molecule has 2 aromatic carbocycles. The number of hydrogen-bond acceptors (Lipinski definition) is 6. The monoisotopic (exact) mass is 579 g/mol. The van der Waals surface area contributed by atoms with E-state index in [-0.39, 0.29) is 11.5 Å². The molecular formula is C27H22BrN3O3S2. The number of ether oxygens (including phenoxy) is 1. The van der Waals surface area contributed by atoms with Crippen LogP contribution in [0.15, 0.2) is 91.6 Å². The second-order valence-electron chi connectivity index (χ2n) is 8.05. The van der Waals surface area contributed by atoms with Crippen LogP contribution in [0.25, 0.3) is 6.08 Å². The van der Waals surface area contributed by atoms with Gasteiger partial charge in [0.05, 0.1) is 32.2 Å². The summed E-state index contributed by atoms with van der Waals surface area (Å²) in [6, 6.07) is 20.1. The van der Waals surface area contributed by atoms with E-state index in [1.54, 1.807) is 15.9 Å². The minimum absolute atomic E-state index is 0.181. The van der Waals surface area contributed by atoms with Crippen molar-refractivity contribution in [2.45, 2.75) is 19.9 Å². The van der Waals surface area contributed by atoms with Gasteiger partial charge in [0.2, 0.25) is 0 Å². The molecule has 0 aliphatic carbocycles. The number of carbonyl (C=O) groups is 1. The van der Waals surface area contributed by atoms with Crippen LogP contribution in [0.3, 0.4) is 0 Å². The number of rotatable bonds is 6. The maximum atomic E-state index is 13.7. The van der Waals surface area contributed by atoms with E-state index in [0.717, 1.165) is 20.0 Å². The highest BCUT2D eigenvalue weighted by Gasteiger charge is 2.32. The third kappa shape index (κ3) is 4.86. The van der Waals surface area contributed by atoms with Crippen molar-refractivity contribution in [2.75, 3.05) is 11.9 Å². The number of fused-ring (bicyclic) bond motifs is 1. The number of para-hydroxylation sites is 1. The standard InChI is InChI=1S/C27H22BrN3O3S2/c1-3-34-19-11-9-17(10-12-19)24-23(25(32)30-18-7-5-4-6-8-18)16(2)29-27-31(24)26(33)21(36-27)15-20-13-14-22(28)35-20/h4-15,24H,3H2,1-2H3,(H,30,32)/b21-15+/t24-/m0/s1. The van der Waals surface area contributed by atoms with Crippen LogP contribution in [0.2, 0.25) is 0 Å². The maximum Gasteiger partial charge on any atom is 0.271 e. The number of hydrogen-bond donors (Lipinski definition) is 1. The van der Waals surface area contributed by atoms with E-state index < -0.39 is 6.04 Å². The highest BCUT2D eigenvalue weighted by atomic mass is 79.9. The number of nitrogens with zero attached hydrogens (tertiary/aromatic N) is 2. The van der Waals surface area contributed by atoms with Crippen LogP contribution >= 0.6 is 38.6 Å². The lowest BCUT2D eigenvalue weighted by molar-refractivity contribution is -0.113. The Morgan fingerprint density at radius 1 is 1.11 bits per heavy atom. The summed E-state index contributed by atoms with van der Waals surface area (Å²) < 4.78 is 8.79. The second-order valence-corrected chi connectivity index (χ2v) is 11.5. The summed E-state index contributed by atoms with van der Waals surface area (Å²) in [5.74, 6) is 0.436. The Hall–Kier alpha value is -3.27. The summed E-state index contributed by atoms with van der Waals surface area (Å²) in [5, 5.41) is 2.97. The van der Waals surface area contributed by atoms with E-state index in [1.165, 1.54) is 11.3 Å². The van der Waals surface area contributed by atoms with Crippen LogP contribution < -0.4 is 24.9 Å². The van der Waals surface area contributed by atoms with Gasteiger partial charge < -0.3 is 10.1 Å². The van der Waals surface area contributed by atoms with Crippen molar-refractivity contribution < 1.29 is 9.53 Å². The smallest absolute Gasteiger partial charge is 0.271 e. The molecule has 3 heterocycles. The highest BCUT2D eigenvalue weighted by Crippen LogP contribution is 2.32. The summed E-state index contributed by atoms with van der Waals surface area (Å²) in [6.07, 6.45) is 1.87. The van der Waals surface area contributed by atoms with Gasteiger partial charge in [-0.1, -0.05) is 41.7 Å². The van der Waals surface area contributed by atoms with Crippen LogP contribution in [0.1, 0.15) is 30.3 Å². The van der Waals surface area contributed by atoms with E-state index in [0.29, 0.717) is 32.9 Å². The summed E-state index contributed by atoms with van der Waals surface area (Å²) in [6.45, 7) is 4.29. The first-order valence-electron chi connectivity index (χ1n) is 11.3. The molecule has 0 fully saturated rings. The lowest BCUT2D eigenvalue weighted by Crippen LogP contribution is -2.40. The summed E-state index contributed by atoms with van der Waals surface area (Å²) in [7, 11) is 0. The molecule has 6 nitrogen and oxygen atoms in total. The predicted octanol–water partition coefficient (Wildman–Crippen LogP) is 5.10. The minimum Gasteiger partial charge on any atom is -0.494 e. The number of nitrogens with one attached hydrogen (secondary N) is 1. The molecule has 9 heteroatoms. The Kier molecular flexibility index (Phi) is 7.04. The number of thiazole rings is 1. The molecule has 0 saturated carbocycles. The molecule has 0 saturated heterocycles. The maximum absolute atomic E-state index is 13.7. The zero-order valence-electron chi connectivity index (χ0n) is 19.5. The van der Waals surface area contributed by atoms with Gasteiger partial charge in [0.1, 0.15) is 5.75 Å². The van der Waals surface area contributed by atoms with Gasteiger partial charge in [0.25, 0.3) is 11.5 Å². The third-order valence-corrected chi connectivity index (χ3v) is 8.23. The number of anilines is 1. The molecule has 0 unspecified atom stereocenters. The van der Waals surface area contributed by atoms with Gasteiger partial charge in [-0.2, -0.15) is 0 Å². The molecule has 1 aliphatic heterocycles. The van der Waals surface area contributed by atoms with E-state index in [2.05, 4.69) is 21.2 Å². The van der Waals surface area contributed by atoms with Crippen LogP contribution in [-0.4, -0.2) is 17.1 Å². The average molecular weight is 581 g/mol. The molecule has 1 atom stereocenters. The molecule has 182 valence electrons. The topological polar surface area (TPSA) is 72.7 Å². The van der Waals surface area contributed by atoms with Crippen LogP contribution in [0.5, 0.6) is 5.75 Å². The largest absolute Gasteiger partial charge is 0.494 e. The van der Waals surface area contributed by atoms with Crippen LogP contribution in [-0.2, 0) is 4.79 Å². The van der Waals surface area contributed by atoms with Crippen molar-refractivity contribution in [3.63, 3.8) is 0 Å². The molecule has 0 radical (unpaired) electrons. The summed E-state index contributed by atoms with van der Waals surface area (Å²) in [5.41, 5.74) is 2.31. The van der Waals surface area contributed by atoms with Gasteiger partial charge >= 0.3 is 0 Å². The normalized spacial score (nSPS) is 15.4. The fourth-order valence-electron chi connectivity index (χ4n) is 4.10. The van der Waals surface area contributed by atoms with Gasteiger partial charge in [0, 0.05) is 10.6 Å². The lowest BCUT2D eigenvalue weighted by Gasteiger charge is -2.25. The molecule has 2 aromatic heterocycles. The van der Waals surface area contributed by atoms with Crippen molar-refractivity contribution in [1.82, 2.24) is 4.57 Å². The van der Waals surface area contributed by atoms with Gasteiger partial charge in [-0.05, 0) is 77.8 Å². The Bertz CT molecular complexity index is 1630. The van der Waals surface area contributed by atoms with Crippen molar-refractivity contribution in [3.8, 4) is 5.75 Å². The number of carbonyl (C=O) groups excluding carboxylic acids is 1. The number of amides is 1. The van der Waals surface area contributed by atoms with Gasteiger partial charge in [-0.25, -0.2) is 4.99 Å². The van der Waals surface area contributed by atoms with Crippen molar-refractivity contribution in [3.05, 3.63) is 112 Å². The van der Waals surface area contributed by atoms with Gasteiger partial charge in [0.15, 0.2) is 4.80 Å². The van der Waals surface area contributed by atoms with Gasteiger partial charge in [-0.3, -0.25) is 14.2 Å². The molecule has 36 heavy (non-hydrogen) atoms. The van der Waals surface area contributed by atoms with Crippen molar-refractivity contribution in [2.24, 2.45) is 4.99 Å². The van der Waals surface area contributed by atoms with Crippen LogP contribution in [0.4, 0.5) is 5.69 Å². The number of allylic oxidation sites excluding steroid dienone is 1. The molecule has 4 aromatic rings.